The van der Waals surface area contributed by atoms with Crippen molar-refractivity contribution in [1.82, 2.24) is 15.3 Å². The van der Waals surface area contributed by atoms with Crippen LogP contribution in [-0.2, 0) is 4.74 Å². The maximum absolute atomic E-state index is 11.1. The highest BCUT2D eigenvalue weighted by atomic mass is 16.5. The number of aromatic nitrogens is 2. The first kappa shape index (κ1) is 12.1. The van der Waals surface area contributed by atoms with E-state index in [2.05, 4.69) is 20.0 Å². The van der Waals surface area contributed by atoms with Crippen molar-refractivity contribution in [2.45, 2.75) is 12.5 Å². The quantitative estimate of drug-likeness (QED) is 0.807. The summed E-state index contributed by atoms with van der Waals surface area (Å²) in [5.41, 5.74) is 0.337. The van der Waals surface area contributed by atoms with Crippen LogP contribution in [-0.4, -0.2) is 42.3 Å². The molecule has 2 rings (SSSR count). The largest absolute Gasteiger partial charge is 0.453 e. The normalized spacial score (nSPS) is 18.2. The summed E-state index contributed by atoms with van der Waals surface area (Å²) in [6.45, 7) is 1.35. The fourth-order valence-electron chi connectivity index (χ4n) is 1.85. The number of hydrogen-bond acceptors (Lipinski definition) is 6. The molecule has 1 unspecified atom stereocenters. The number of anilines is 1. The molecule has 1 amide bonds. The number of ether oxygens (including phenoxy) is 1. The van der Waals surface area contributed by atoms with Crippen LogP contribution in [0.2, 0.25) is 0 Å². The van der Waals surface area contributed by atoms with E-state index in [0.717, 1.165) is 13.0 Å². The molecule has 1 fully saturated rings. The van der Waals surface area contributed by atoms with E-state index < -0.39 is 6.09 Å². The predicted molar refractivity (Wildman–Crippen MR) is 62.9 cm³/mol. The standard InChI is InChI=1S/C11H13N5O2/c1-18-11(17)15-9-3-5-16(7-9)10-13-4-2-8(6-12)14-10/h2,4,9H,3,5,7H2,1H3,(H,15,17). The smallest absolute Gasteiger partial charge is 0.407 e. The Morgan fingerprint density at radius 2 is 2.56 bits per heavy atom. The molecule has 1 saturated heterocycles. The first-order chi connectivity index (χ1) is 8.72. The molecule has 1 aromatic heterocycles. The van der Waals surface area contributed by atoms with Crippen LogP contribution < -0.4 is 10.2 Å². The zero-order chi connectivity index (χ0) is 13.0. The summed E-state index contributed by atoms with van der Waals surface area (Å²) in [5.74, 6) is 0.517. The molecule has 0 saturated carbocycles. The molecule has 1 aromatic rings. The summed E-state index contributed by atoms with van der Waals surface area (Å²) in [5, 5.41) is 11.5. The maximum atomic E-state index is 11.1. The third-order valence-corrected chi connectivity index (χ3v) is 2.74. The highest BCUT2D eigenvalue weighted by Gasteiger charge is 2.25. The average Bonchev–Trinajstić information content (AvgIpc) is 2.87. The minimum absolute atomic E-state index is 0.0202. The van der Waals surface area contributed by atoms with E-state index in [0.29, 0.717) is 18.2 Å². The molecule has 0 radical (unpaired) electrons. The fraction of sp³-hybridized carbons (Fsp3) is 0.455. The van der Waals surface area contributed by atoms with Crippen LogP contribution >= 0.6 is 0 Å². The Kier molecular flexibility index (Phi) is 3.57. The third kappa shape index (κ3) is 2.66. The Morgan fingerprint density at radius 3 is 3.28 bits per heavy atom. The summed E-state index contributed by atoms with van der Waals surface area (Å²) in [6, 6.07) is 3.56. The second-order valence-corrected chi connectivity index (χ2v) is 3.92. The second-order valence-electron chi connectivity index (χ2n) is 3.92. The van der Waals surface area contributed by atoms with E-state index in [-0.39, 0.29) is 6.04 Å². The Morgan fingerprint density at radius 1 is 1.72 bits per heavy atom. The molecule has 7 nitrogen and oxygen atoms in total. The Balaban J connectivity index is 2.00. The van der Waals surface area contributed by atoms with Gasteiger partial charge in [-0.2, -0.15) is 5.26 Å². The topological polar surface area (TPSA) is 91.1 Å². The summed E-state index contributed by atoms with van der Waals surface area (Å²) in [4.78, 5) is 21.3. The van der Waals surface area contributed by atoms with Gasteiger partial charge in [0.15, 0.2) is 0 Å². The minimum atomic E-state index is -0.437. The van der Waals surface area contributed by atoms with Gasteiger partial charge in [-0.1, -0.05) is 0 Å². The third-order valence-electron chi connectivity index (χ3n) is 2.74. The van der Waals surface area contributed by atoms with Gasteiger partial charge in [-0.25, -0.2) is 14.8 Å². The molecule has 0 aromatic carbocycles. The van der Waals surface area contributed by atoms with Gasteiger partial charge in [0.05, 0.1) is 13.2 Å². The molecule has 94 valence electrons. The molecular weight excluding hydrogens is 234 g/mol. The summed E-state index contributed by atoms with van der Waals surface area (Å²) < 4.78 is 4.55. The lowest BCUT2D eigenvalue weighted by Crippen LogP contribution is -2.37. The molecule has 0 aliphatic carbocycles. The summed E-state index contributed by atoms with van der Waals surface area (Å²) in [6.07, 6.45) is 1.92. The molecule has 18 heavy (non-hydrogen) atoms. The van der Waals surface area contributed by atoms with E-state index in [1.165, 1.54) is 7.11 Å². The van der Waals surface area contributed by atoms with Gasteiger partial charge >= 0.3 is 6.09 Å². The van der Waals surface area contributed by atoms with E-state index in [1.807, 2.05) is 11.0 Å². The minimum Gasteiger partial charge on any atom is -0.453 e. The van der Waals surface area contributed by atoms with Crippen molar-refractivity contribution in [1.29, 1.82) is 5.26 Å². The first-order valence-corrected chi connectivity index (χ1v) is 5.55. The fourth-order valence-corrected chi connectivity index (χ4v) is 1.85. The molecule has 0 bridgehead atoms. The van der Waals surface area contributed by atoms with E-state index >= 15 is 0 Å². The second kappa shape index (κ2) is 5.31. The number of hydrogen-bond donors (Lipinski definition) is 1. The van der Waals surface area contributed by atoms with Crippen LogP contribution in [0.3, 0.4) is 0 Å². The van der Waals surface area contributed by atoms with Gasteiger partial charge in [-0.05, 0) is 12.5 Å². The summed E-state index contributed by atoms with van der Waals surface area (Å²) in [7, 11) is 1.33. The number of rotatable bonds is 2. The highest BCUT2D eigenvalue weighted by molar-refractivity contribution is 5.67. The Labute approximate surface area is 104 Å². The molecule has 1 atom stereocenters. The van der Waals surface area contributed by atoms with Crippen LogP contribution in [0.25, 0.3) is 0 Å². The van der Waals surface area contributed by atoms with Gasteiger partial charge in [0.2, 0.25) is 5.95 Å². The molecular formula is C11H13N5O2. The summed E-state index contributed by atoms with van der Waals surface area (Å²) >= 11 is 0. The van der Waals surface area contributed by atoms with Crippen LogP contribution in [0, 0.1) is 11.3 Å². The number of nitrogens with zero attached hydrogens (tertiary/aromatic N) is 4. The highest BCUT2D eigenvalue weighted by Crippen LogP contribution is 2.15. The van der Waals surface area contributed by atoms with Gasteiger partial charge in [0, 0.05) is 19.3 Å². The number of methoxy groups -OCH3 is 1. The van der Waals surface area contributed by atoms with Gasteiger partial charge in [0.25, 0.3) is 0 Å². The lowest BCUT2D eigenvalue weighted by molar-refractivity contribution is 0.167. The van der Waals surface area contributed by atoms with Crippen molar-refractivity contribution in [3.05, 3.63) is 18.0 Å². The number of carbonyl (C=O) groups is 1. The lowest BCUT2D eigenvalue weighted by Gasteiger charge is -2.16. The van der Waals surface area contributed by atoms with Crippen molar-refractivity contribution in [2.75, 3.05) is 25.1 Å². The molecule has 1 aliphatic heterocycles. The van der Waals surface area contributed by atoms with Crippen LogP contribution in [0.15, 0.2) is 12.3 Å². The van der Waals surface area contributed by atoms with Crippen molar-refractivity contribution in [2.24, 2.45) is 0 Å². The molecule has 1 N–H and O–H groups in total. The van der Waals surface area contributed by atoms with Crippen molar-refractivity contribution in [3.8, 4) is 6.07 Å². The zero-order valence-corrected chi connectivity index (χ0v) is 9.96. The first-order valence-electron chi connectivity index (χ1n) is 5.55. The van der Waals surface area contributed by atoms with Crippen molar-refractivity contribution < 1.29 is 9.53 Å². The number of nitriles is 1. The van der Waals surface area contributed by atoms with Crippen LogP contribution in [0.1, 0.15) is 12.1 Å². The molecule has 7 heteroatoms. The monoisotopic (exact) mass is 247 g/mol. The van der Waals surface area contributed by atoms with E-state index in [9.17, 15) is 4.79 Å². The Hall–Kier alpha value is -2.36. The van der Waals surface area contributed by atoms with E-state index in [1.54, 1.807) is 12.3 Å². The number of nitrogens with one attached hydrogen (secondary N) is 1. The molecule has 2 heterocycles. The van der Waals surface area contributed by atoms with E-state index in [4.69, 9.17) is 5.26 Å². The number of alkyl carbamates (subject to hydrolysis) is 1. The van der Waals surface area contributed by atoms with Gasteiger partial charge in [0.1, 0.15) is 11.8 Å². The number of amides is 1. The lowest BCUT2D eigenvalue weighted by atomic mass is 10.3. The predicted octanol–water partition coefficient (Wildman–Crippen LogP) is 0.283. The van der Waals surface area contributed by atoms with Crippen LogP contribution in [0.5, 0.6) is 0 Å². The van der Waals surface area contributed by atoms with Crippen molar-refractivity contribution in [3.63, 3.8) is 0 Å². The van der Waals surface area contributed by atoms with Gasteiger partial charge in [-0.15, -0.1) is 0 Å². The maximum Gasteiger partial charge on any atom is 0.407 e. The molecule has 1 aliphatic rings. The van der Waals surface area contributed by atoms with Crippen LogP contribution in [0.4, 0.5) is 10.7 Å². The van der Waals surface area contributed by atoms with Crippen molar-refractivity contribution >= 4 is 12.0 Å². The zero-order valence-electron chi connectivity index (χ0n) is 9.96. The Bertz CT molecular complexity index is 485. The van der Waals surface area contributed by atoms with Gasteiger partial charge < -0.3 is 15.0 Å². The molecule has 0 spiro atoms. The SMILES string of the molecule is COC(=O)NC1CCN(c2nccc(C#N)n2)C1. The average molecular weight is 247 g/mol. The number of carbonyl (C=O) groups excluding carboxylic acids is 1. The van der Waals surface area contributed by atoms with Gasteiger partial charge in [-0.3, -0.25) is 0 Å².